The molecule has 0 aromatic carbocycles. The lowest BCUT2D eigenvalue weighted by Gasteiger charge is -2.21. The number of carbonyl (C=O) groups is 4. The van der Waals surface area contributed by atoms with Gasteiger partial charge in [-0.1, -0.05) is 292 Å². The van der Waals surface area contributed by atoms with E-state index in [1.165, 1.54) is 141 Å². The highest BCUT2D eigenvalue weighted by Gasteiger charge is 2.30. The second kappa shape index (κ2) is 60.0. The first-order valence-corrected chi connectivity index (χ1v) is 38.9. The minimum absolute atomic E-state index is 0.104. The molecule has 0 saturated carbocycles. The topological polar surface area (TPSA) is 237 Å². The summed E-state index contributed by atoms with van der Waals surface area (Å²) in [6, 6.07) is 0. The number of hydrogen-bond donors (Lipinski definition) is 3. The quantitative estimate of drug-likeness (QED) is 0.0222. The van der Waals surface area contributed by atoms with Crippen molar-refractivity contribution in [2.45, 2.75) is 362 Å². The molecule has 522 valence electrons. The van der Waals surface area contributed by atoms with Crippen LogP contribution in [0.2, 0.25) is 0 Å². The molecule has 0 aliphatic carbocycles. The number of unbranched alkanes of at least 4 members (excludes halogenated alkanes) is 33. The second-order valence-corrected chi connectivity index (χ2v) is 28.8. The third-order valence-corrected chi connectivity index (χ3v) is 18.5. The zero-order chi connectivity index (χ0) is 65.2. The van der Waals surface area contributed by atoms with E-state index in [0.717, 1.165) is 120 Å². The maximum Gasteiger partial charge on any atom is 0.472 e. The van der Waals surface area contributed by atoms with Crippen LogP contribution >= 0.6 is 15.6 Å². The number of carbonyl (C=O) groups excluding carboxylic acids is 4. The van der Waals surface area contributed by atoms with Crippen LogP contribution in [0.4, 0.5) is 0 Å². The van der Waals surface area contributed by atoms with E-state index in [1.54, 1.807) is 0 Å². The molecular formula is C69H134O17P2. The monoisotopic (exact) mass is 1300 g/mol. The Kier molecular flexibility index (Phi) is 58.7. The van der Waals surface area contributed by atoms with E-state index in [4.69, 9.17) is 37.0 Å². The first-order valence-electron chi connectivity index (χ1n) is 35.9. The highest BCUT2D eigenvalue weighted by Crippen LogP contribution is 2.45. The van der Waals surface area contributed by atoms with Gasteiger partial charge in [0.2, 0.25) is 0 Å². The average molecular weight is 1300 g/mol. The summed E-state index contributed by atoms with van der Waals surface area (Å²) >= 11 is 0. The fraction of sp³-hybridized carbons (Fsp3) is 0.942. The summed E-state index contributed by atoms with van der Waals surface area (Å²) in [5.41, 5.74) is 0. The Hall–Kier alpha value is -1.94. The molecule has 17 nitrogen and oxygen atoms in total. The number of ether oxygens (including phenoxy) is 4. The van der Waals surface area contributed by atoms with Crippen molar-refractivity contribution in [3.8, 4) is 0 Å². The minimum Gasteiger partial charge on any atom is -0.462 e. The van der Waals surface area contributed by atoms with Gasteiger partial charge in [0.25, 0.3) is 0 Å². The maximum atomic E-state index is 13.0. The lowest BCUT2D eigenvalue weighted by molar-refractivity contribution is -0.161. The highest BCUT2D eigenvalue weighted by atomic mass is 31.2. The van der Waals surface area contributed by atoms with Crippen molar-refractivity contribution in [1.82, 2.24) is 0 Å². The highest BCUT2D eigenvalue weighted by molar-refractivity contribution is 7.47. The van der Waals surface area contributed by atoms with Crippen molar-refractivity contribution < 1.29 is 80.2 Å². The lowest BCUT2D eigenvalue weighted by atomic mass is 9.99. The summed E-state index contributed by atoms with van der Waals surface area (Å²) in [5.74, 6) is 0.209. The zero-order valence-electron chi connectivity index (χ0n) is 57.2. The molecule has 88 heavy (non-hydrogen) atoms. The predicted molar refractivity (Wildman–Crippen MR) is 354 cm³/mol. The molecule has 0 heterocycles. The molecule has 3 N–H and O–H groups in total. The Morgan fingerprint density at radius 3 is 0.864 bits per heavy atom. The van der Waals surface area contributed by atoms with E-state index in [9.17, 15) is 43.2 Å². The van der Waals surface area contributed by atoms with Gasteiger partial charge < -0.3 is 33.8 Å². The van der Waals surface area contributed by atoms with Crippen LogP contribution in [-0.2, 0) is 65.4 Å². The fourth-order valence-electron chi connectivity index (χ4n) is 10.3. The van der Waals surface area contributed by atoms with Gasteiger partial charge in [0.05, 0.1) is 26.4 Å². The SMILES string of the molecule is CCCCCCCCCC(=O)OC[C@H](COP(=O)(O)OC[C@H](O)COP(=O)(O)OC[C@@H](COC(=O)CCCCCCCCCCC(C)CC)OC(=O)CCCCCCCCCCCCCCCCC(C)C)OC(=O)CCCCCCCCCCC(C)CC. The summed E-state index contributed by atoms with van der Waals surface area (Å²) in [4.78, 5) is 72.4. The average Bonchev–Trinajstić information content (AvgIpc) is 3.64. The molecular weight excluding hydrogens is 1160 g/mol. The summed E-state index contributed by atoms with van der Waals surface area (Å²) in [7, 11) is -9.90. The molecule has 19 heteroatoms. The Morgan fingerprint density at radius 2 is 0.580 bits per heavy atom. The second-order valence-electron chi connectivity index (χ2n) is 25.9. The first-order chi connectivity index (χ1) is 42.3. The van der Waals surface area contributed by atoms with Crippen LogP contribution in [0.1, 0.15) is 344 Å². The smallest absolute Gasteiger partial charge is 0.462 e. The van der Waals surface area contributed by atoms with Crippen LogP contribution in [0, 0.1) is 17.8 Å². The van der Waals surface area contributed by atoms with Crippen LogP contribution in [0.3, 0.4) is 0 Å². The van der Waals surface area contributed by atoms with Crippen LogP contribution in [0.25, 0.3) is 0 Å². The Balaban J connectivity index is 5.22. The van der Waals surface area contributed by atoms with Crippen LogP contribution < -0.4 is 0 Å². The molecule has 0 aliphatic heterocycles. The summed E-state index contributed by atoms with van der Waals surface area (Å²) in [6.45, 7) is 11.8. The number of aliphatic hydroxyl groups excluding tert-OH is 1. The largest absolute Gasteiger partial charge is 0.472 e. The van der Waals surface area contributed by atoms with E-state index in [-0.39, 0.29) is 25.7 Å². The van der Waals surface area contributed by atoms with Gasteiger partial charge in [0.1, 0.15) is 19.3 Å². The molecule has 4 unspecified atom stereocenters. The molecule has 0 aliphatic rings. The Bertz CT molecular complexity index is 1740. The Morgan fingerprint density at radius 1 is 0.330 bits per heavy atom. The molecule has 0 fully saturated rings. The summed E-state index contributed by atoms with van der Waals surface area (Å²) in [6.07, 6.45) is 43.1. The van der Waals surface area contributed by atoms with Crippen molar-refractivity contribution in [2.24, 2.45) is 17.8 Å². The number of hydrogen-bond acceptors (Lipinski definition) is 15. The van der Waals surface area contributed by atoms with Gasteiger partial charge in [0.15, 0.2) is 12.2 Å². The van der Waals surface area contributed by atoms with Gasteiger partial charge in [-0.3, -0.25) is 37.3 Å². The van der Waals surface area contributed by atoms with E-state index in [0.29, 0.717) is 25.7 Å². The van der Waals surface area contributed by atoms with E-state index < -0.39 is 97.5 Å². The van der Waals surface area contributed by atoms with Gasteiger partial charge in [-0.2, -0.15) is 0 Å². The van der Waals surface area contributed by atoms with Gasteiger partial charge in [-0.05, 0) is 43.4 Å². The van der Waals surface area contributed by atoms with Gasteiger partial charge in [-0.15, -0.1) is 0 Å². The van der Waals surface area contributed by atoms with Crippen molar-refractivity contribution in [1.29, 1.82) is 0 Å². The van der Waals surface area contributed by atoms with Crippen LogP contribution in [-0.4, -0.2) is 96.7 Å². The fourth-order valence-corrected chi connectivity index (χ4v) is 11.9. The standard InChI is InChI=1S/C69H134O17P2/c1-8-11-12-13-26-36-43-50-66(71)79-56-64(86-69(74)53-46-39-32-25-23-29-35-42-49-62(7)10-3)58-83-87(75,76)81-54-63(70)55-82-88(77,78)84-59-65(57-80-67(72)51-44-37-30-24-22-28-34-41-48-61(6)9-2)85-68(73)52-45-38-31-21-19-17-15-14-16-18-20-27-33-40-47-60(4)5/h60-65,70H,8-59H2,1-7H3,(H,75,76)(H,77,78)/t61?,62?,63-,64+,65+/m0/s1. The molecule has 0 saturated heterocycles. The number of phosphoric acid groups is 2. The normalized spacial score (nSPS) is 14.9. The number of aliphatic hydroxyl groups is 1. The van der Waals surface area contributed by atoms with Gasteiger partial charge in [0, 0.05) is 25.7 Å². The number of esters is 4. The van der Waals surface area contributed by atoms with Crippen molar-refractivity contribution in [2.75, 3.05) is 39.6 Å². The summed E-state index contributed by atoms with van der Waals surface area (Å²) in [5, 5.41) is 10.6. The molecule has 0 rings (SSSR count). The molecule has 7 atom stereocenters. The predicted octanol–water partition coefficient (Wildman–Crippen LogP) is 19.5. The Labute approximate surface area is 537 Å². The van der Waals surface area contributed by atoms with E-state index >= 15 is 0 Å². The number of phosphoric ester groups is 2. The third kappa shape index (κ3) is 60.3. The molecule has 0 aromatic rings. The van der Waals surface area contributed by atoms with Gasteiger partial charge >= 0.3 is 39.5 Å². The van der Waals surface area contributed by atoms with Crippen molar-refractivity contribution in [3.05, 3.63) is 0 Å². The maximum absolute atomic E-state index is 13.0. The van der Waals surface area contributed by atoms with Crippen LogP contribution in [0.15, 0.2) is 0 Å². The van der Waals surface area contributed by atoms with Crippen molar-refractivity contribution >= 4 is 39.5 Å². The minimum atomic E-state index is -4.95. The molecule has 0 spiro atoms. The molecule has 0 radical (unpaired) electrons. The third-order valence-electron chi connectivity index (χ3n) is 16.6. The summed E-state index contributed by atoms with van der Waals surface area (Å²) < 4.78 is 68.1. The number of rotatable bonds is 67. The first kappa shape index (κ1) is 86.1. The van der Waals surface area contributed by atoms with Crippen molar-refractivity contribution in [3.63, 3.8) is 0 Å². The van der Waals surface area contributed by atoms with E-state index in [1.807, 2.05) is 0 Å². The van der Waals surface area contributed by atoms with Crippen LogP contribution in [0.5, 0.6) is 0 Å². The molecule has 0 aromatic heterocycles. The zero-order valence-corrected chi connectivity index (χ0v) is 59.0. The molecule has 0 bridgehead atoms. The molecule has 0 amide bonds. The van der Waals surface area contributed by atoms with Gasteiger partial charge in [-0.25, -0.2) is 9.13 Å². The van der Waals surface area contributed by atoms with E-state index in [2.05, 4.69) is 48.5 Å². The lowest BCUT2D eigenvalue weighted by Crippen LogP contribution is -2.30.